The van der Waals surface area contributed by atoms with E-state index in [0.717, 1.165) is 29.0 Å². The zero-order chi connectivity index (χ0) is 26.9. The van der Waals surface area contributed by atoms with Crippen LogP contribution in [0.25, 0.3) is 16.9 Å². The number of carbonyl (C=O) groups is 1. The quantitative estimate of drug-likeness (QED) is 0.261. The van der Waals surface area contributed by atoms with Gasteiger partial charge in [-0.15, -0.1) is 11.3 Å². The van der Waals surface area contributed by atoms with Crippen LogP contribution in [-0.4, -0.2) is 30.6 Å². The number of aryl methyl sites for hydroxylation is 2. The summed E-state index contributed by atoms with van der Waals surface area (Å²) < 4.78 is 41.9. The highest BCUT2D eigenvalue weighted by atomic mass is 32.1. The number of thiazole rings is 1. The smallest absolute Gasteiger partial charge is 0.331 e. The largest absolute Gasteiger partial charge is 0.416 e. The molecule has 0 bridgehead atoms. The fourth-order valence-corrected chi connectivity index (χ4v) is 4.38. The summed E-state index contributed by atoms with van der Waals surface area (Å²) in [7, 11) is 0. The predicted octanol–water partition coefficient (Wildman–Crippen LogP) is 6.42. The van der Waals surface area contributed by atoms with Gasteiger partial charge in [-0.25, -0.2) is 14.6 Å². The Morgan fingerprint density at radius 2 is 1.92 bits per heavy atom. The van der Waals surface area contributed by atoms with Crippen LogP contribution in [0.1, 0.15) is 27.3 Å². The van der Waals surface area contributed by atoms with Gasteiger partial charge >= 0.3 is 6.18 Å². The van der Waals surface area contributed by atoms with Gasteiger partial charge in [-0.05, 0) is 61.9 Å². The lowest BCUT2D eigenvalue weighted by Crippen LogP contribution is -2.14. The van der Waals surface area contributed by atoms with Crippen molar-refractivity contribution in [2.45, 2.75) is 20.0 Å². The lowest BCUT2D eigenvalue weighted by atomic mass is 10.1. The zero-order valence-corrected chi connectivity index (χ0v) is 20.9. The molecule has 3 heterocycles. The number of hydrogen-bond acceptors (Lipinski definition) is 7. The molecule has 8 nitrogen and oxygen atoms in total. The van der Waals surface area contributed by atoms with Crippen molar-refractivity contribution >= 4 is 33.8 Å². The van der Waals surface area contributed by atoms with Crippen LogP contribution in [0, 0.1) is 13.8 Å². The van der Waals surface area contributed by atoms with Crippen LogP contribution < -0.4 is 10.6 Å². The third kappa shape index (κ3) is 5.54. The summed E-state index contributed by atoms with van der Waals surface area (Å²) in [5.74, 6) is -0.163. The van der Waals surface area contributed by atoms with Gasteiger partial charge in [0.1, 0.15) is 12.2 Å². The van der Waals surface area contributed by atoms with Crippen molar-refractivity contribution < 1.29 is 18.0 Å². The van der Waals surface area contributed by atoms with E-state index in [1.165, 1.54) is 28.4 Å². The third-order valence-corrected chi connectivity index (χ3v) is 6.33. The van der Waals surface area contributed by atoms with Crippen LogP contribution in [-0.2, 0) is 6.18 Å². The Kier molecular flexibility index (Phi) is 6.64. The van der Waals surface area contributed by atoms with Crippen LogP contribution >= 0.6 is 11.3 Å². The minimum absolute atomic E-state index is 0.0240. The Morgan fingerprint density at radius 1 is 1.08 bits per heavy atom. The lowest BCUT2D eigenvalue weighted by Gasteiger charge is -2.14. The average Bonchev–Trinajstić information content (AvgIpc) is 3.54. The van der Waals surface area contributed by atoms with Crippen molar-refractivity contribution in [3.63, 3.8) is 0 Å². The van der Waals surface area contributed by atoms with Gasteiger partial charge < -0.3 is 10.6 Å². The Bertz CT molecular complexity index is 1610. The van der Waals surface area contributed by atoms with E-state index in [4.69, 9.17) is 0 Å². The molecule has 1 amide bonds. The number of aromatic nitrogens is 5. The summed E-state index contributed by atoms with van der Waals surface area (Å²) in [5, 5.41) is 12.4. The van der Waals surface area contributed by atoms with Gasteiger partial charge in [-0.1, -0.05) is 6.07 Å². The fraction of sp³-hybridized carbons (Fsp3) is 0.115. The molecule has 0 saturated heterocycles. The third-order valence-electron chi connectivity index (χ3n) is 5.58. The SMILES string of the molecule is Cc1ncn(-c2cc(NC(=O)c3ccc(C)c(Nc4nc(-c5cccnc5)cs4)c3)cc(C(F)(F)F)c2)n1. The number of amides is 1. The minimum Gasteiger partial charge on any atom is -0.331 e. The molecular formula is C26H20F3N7OS. The van der Waals surface area contributed by atoms with Crippen LogP contribution in [0.3, 0.4) is 0 Å². The summed E-state index contributed by atoms with van der Waals surface area (Å²) in [6.45, 7) is 3.50. The van der Waals surface area contributed by atoms with E-state index < -0.39 is 17.6 Å². The van der Waals surface area contributed by atoms with Gasteiger partial charge in [0.05, 0.1) is 16.9 Å². The Labute approximate surface area is 219 Å². The number of rotatable bonds is 6. The van der Waals surface area contributed by atoms with E-state index in [1.54, 1.807) is 37.5 Å². The molecule has 0 atom stereocenters. The maximum absolute atomic E-state index is 13.6. The summed E-state index contributed by atoms with van der Waals surface area (Å²) in [6.07, 6.45) is 0.101. The number of nitrogens with zero attached hydrogens (tertiary/aromatic N) is 5. The normalized spacial score (nSPS) is 11.4. The van der Waals surface area contributed by atoms with Gasteiger partial charge in [0, 0.05) is 40.3 Å². The maximum Gasteiger partial charge on any atom is 0.416 e. The molecule has 2 aromatic carbocycles. The van der Waals surface area contributed by atoms with E-state index in [1.807, 2.05) is 24.4 Å². The van der Waals surface area contributed by atoms with Crippen LogP contribution in [0.15, 0.2) is 72.6 Å². The van der Waals surface area contributed by atoms with Crippen molar-refractivity contribution in [3.05, 3.63) is 95.1 Å². The molecule has 5 aromatic rings. The average molecular weight is 536 g/mol. The highest BCUT2D eigenvalue weighted by molar-refractivity contribution is 7.14. The van der Waals surface area contributed by atoms with Crippen molar-refractivity contribution in [3.8, 4) is 16.9 Å². The van der Waals surface area contributed by atoms with Crippen molar-refractivity contribution in [2.24, 2.45) is 0 Å². The molecule has 0 saturated carbocycles. The van der Waals surface area contributed by atoms with Crippen LogP contribution in [0.2, 0.25) is 0 Å². The Morgan fingerprint density at radius 3 is 2.63 bits per heavy atom. The first kappa shape index (κ1) is 25.1. The number of benzene rings is 2. The van der Waals surface area contributed by atoms with E-state index in [9.17, 15) is 18.0 Å². The molecule has 0 radical (unpaired) electrons. The van der Waals surface area contributed by atoms with Gasteiger partial charge in [0.15, 0.2) is 5.13 Å². The molecule has 192 valence electrons. The predicted molar refractivity (Wildman–Crippen MR) is 139 cm³/mol. The summed E-state index contributed by atoms with van der Waals surface area (Å²) in [6, 6.07) is 12.0. The first-order valence-electron chi connectivity index (χ1n) is 11.3. The summed E-state index contributed by atoms with van der Waals surface area (Å²) in [4.78, 5) is 25.7. The minimum atomic E-state index is -4.62. The van der Waals surface area contributed by atoms with Crippen molar-refractivity contribution in [1.82, 2.24) is 24.7 Å². The van der Waals surface area contributed by atoms with Crippen LogP contribution in [0.4, 0.5) is 29.7 Å². The van der Waals surface area contributed by atoms with Crippen LogP contribution in [0.5, 0.6) is 0 Å². The fourth-order valence-electron chi connectivity index (χ4n) is 3.64. The number of alkyl halides is 3. The molecule has 0 aliphatic heterocycles. The Hall–Kier alpha value is -4.58. The molecule has 0 aliphatic rings. The highest BCUT2D eigenvalue weighted by Crippen LogP contribution is 2.33. The molecule has 0 aliphatic carbocycles. The van der Waals surface area contributed by atoms with E-state index in [-0.39, 0.29) is 16.9 Å². The standard InChI is InChI=1S/C26H20F3N7OS/c1-15-5-6-17(8-22(15)33-25-34-23(13-38-25)18-4-3-7-30-12-18)24(37)32-20-9-19(26(27,28)29)10-21(11-20)36-14-31-16(2)35-36/h3-14H,1-2H3,(H,32,37)(H,33,34). The van der Waals surface area contributed by atoms with E-state index in [2.05, 4.69) is 30.7 Å². The number of halogens is 3. The molecule has 0 unspecified atom stereocenters. The number of anilines is 3. The number of carbonyl (C=O) groups excluding carboxylic acids is 1. The van der Waals surface area contributed by atoms with Gasteiger partial charge in [-0.3, -0.25) is 9.78 Å². The monoisotopic (exact) mass is 535 g/mol. The van der Waals surface area contributed by atoms with Crippen molar-refractivity contribution in [2.75, 3.05) is 10.6 Å². The lowest BCUT2D eigenvalue weighted by molar-refractivity contribution is -0.137. The second-order valence-corrected chi connectivity index (χ2v) is 9.25. The topological polar surface area (TPSA) is 97.6 Å². The molecule has 3 aromatic heterocycles. The number of hydrogen-bond donors (Lipinski definition) is 2. The molecule has 38 heavy (non-hydrogen) atoms. The highest BCUT2D eigenvalue weighted by Gasteiger charge is 2.31. The summed E-state index contributed by atoms with van der Waals surface area (Å²) in [5.41, 5.74) is 2.59. The molecule has 12 heteroatoms. The first-order valence-corrected chi connectivity index (χ1v) is 12.2. The zero-order valence-electron chi connectivity index (χ0n) is 20.1. The molecule has 0 fully saturated rings. The van der Waals surface area contributed by atoms with Gasteiger partial charge in [0.25, 0.3) is 5.91 Å². The molecule has 2 N–H and O–H groups in total. The second-order valence-electron chi connectivity index (χ2n) is 8.39. The van der Waals surface area contributed by atoms with Crippen molar-refractivity contribution in [1.29, 1.82) is 0 Å². The number of nitrogens with one attached hydrogen (secondary N) is 2. The molecule has 5 rings (SSSR count). The van der Waals surface area contributed by atoms with E-state index in [0.29, 0.717) is 16.6 Å². The Balaban J connectivity index is 1.39. The molecule has 0 spiro atoms. The van der Waals surface area contributed by atoms with Gasteiger partial charge in [-0.2, -0.15) is 18.3 Å². The van der Waals surface area contributed by atoms with E-state index >= 15 is 0 Å². The first-order chi connectivity index (χ1) is 18.2. The number of pyridine rings is 1. The molecular weight excluding hydrogens is 515 g/mol. The second kappa shape index (κ2) is 10.1. The maximum atomic E-state index is 13.6. The summed E-state index contributed by atoms with van der Waals surface area (Å²) >= 11 is 1.40. The van der Waals surface area contributed by atoms with Gasteiger partial charge in [0.2, 0.25) is 0 Å².